The van der Waals surface area contributed by atoms with Crippen LogP contribution in [0.4, 0.5) is 5.82 Å². The van der Waals surface area contributed by atoms with E-state index in [1.165, 1.54) is 4.90 Å². The van der Waals surface area contributed by atoms with Crippen LogP contribution in [0.1, 0.15) is 33.3 Å². The maximum atomic E-state index is 13.4. The smallest absolute Gasteiger partial charge is 0.296 e. The summed E-state index contributed by atoms with van der Waals surface area (Å²) in [6.45, 7) is 1.90. The number of hydrogen-bond acceptors (Lipinski definition) is 5. The van der Waals surface area contributed by atoms with Crippen LogP contribution in [-0.2, 0) is 0 Å². The summed E-state index contributed by atoms with van der Waals surface area (Å²) in [5, 5.41) is 10.4. The van der Waals surface area contributed by atoms with E-state index in [1.54, 1.807) is 60.8 Å². The molecule has 1 aliphatic rings. The fraction of sp³-hybridized carbons (Fsp3) is 0.0870. The summed E-state index contributed by atoms with van der Waals surface area (Å²) >= 11 is 0. The van der Waals surface area contributed by atoms with E-state index in [0.29, 0.717) is 22.4 Å². The highest BCUT2D eigenvalue weighted by Gasteiger charge is 2.44. The van der Waals surface area contributed by atoms with Crippen molar-refractivity contribution in [3.05, 3.63) is 99.5 Å². The van der Waals surface area contributed by atoms with Gasteiger partial charge >= 0.3 is 0 Å². The molecule has 5 rings (SSSR count). The minimum absolute atomic E-state index is 0.00495. The molecule has 2 aromatic heterocycles. The lowest BCUT2D eigenvalue weighted by Gasteiger charge is -2.24. The molecule has 29 heavy (non-hydrogen) atoms. The number of benzene rings is 2. The lowest BCUT2D eigenvalue weighted by atomic mass is 9.98. The summed E-state index contributed by atoms with van der Waals surface area (Å²) in [7, 11) is 0. The van der Waals surface area contributed by atoms with Crippen LogP contribution in [0, 0.1) is 6.92 Å². The molecule has 0 bridgehead atoms. The Kier molecular flexibility index (Phi) is 3.74. The summed E-state index contributed by atoms with van der Waals surface area (Å²) in [6, 6.07) is 16.3. The molecule has 0 fully saturated rings. The van der Waals surface area contributed by atoms with Crippen molar-refractivity contribution in [1.82, 2.24) is 4.98 Å². The SMILES string of the molecule is Cc1ccnc(N2C(=O)c3oc4ccccc4c(=O)c3[C@H]2c2cccc(O)c2)c1. The normalized spacial score (nSPS) is 15.7. The van der Waals surface area contributed by atoms with Gasteiger partial charge in [0.2, 0.25) is 5.76 Å². The van der Waals surface area contributed by atoms with Crippen LogP contribution in [0.2, 0.25) is 0 Å². The topological polar surface area (TPSA) is 83.6 Å². The fourth-order valence-electron chi connectivity index (χ4n) is 3.82. The molecule has 1 amide bonds. The van der Waals surface area contributed by atoms with Crippen LogP contribution in [0.3, 0.4) is 0 Å². The number of rotatable bonds is 2. The lowest BCUT2D eigenvalue weighted by Crippen LogP contribution is -2.30. The molecule has 4 aromatic rings. The van der Waals surface area contributed by atoms with Gasteiger partial charge in [-0.1, -0.05) is 24.3 Å². The molecular formula is C23H16N2O4. The molecule has 6 heteroatoms. The third-order valence-corrected chi connectivity index (χ3v) is 5.11. The van der Waals surface area contributed by atoms with Gasteiger partial charge in [0.05, 0.1) is 17.0 Å². The summed E-state index contributed by atoms with van der Waals surface area (Å²) in [4.78, 5) is 32.5. The minimum Gasteiger partial charge on any atom is -0.508 e. The van der Waals surface area contributed by atoms with Gasteiger partial charge in [0, 0.05) is 6.20 Å². The zero-order valence-electron chi connectivity index (χ0n) is 15.5. The average Bonchev–Trinajstić information content (AvgIpc) is 3.01. The Bertz CT molecular complexity index is 1340. The first-order valence-electron chi connectivity index (χ1n) is 9.15. The number of aryl methyl sites for hydroxylation is 1. The van der Waals surface area contributed by atoms with E-state index < -0.39 is 11.9 Å². The number of pyridine rings is 1. The summed E-state index contributed by atoms with van der Waals surface area (Å²) < 4.78 is 5.88. The number of aromatic hydroxyl groups is 1. The van der Waals surface area contributed by atoms with Crippen LogP contribution in [0.5, 0.6) is 5.75 Å². The number of phenols is 1. The van der Waals surface area contributed by atoms with E-state index in [4.69, 9.17) is 4.42 Å². The van der Waals surface area contributed by atoms with E-state index in [2.05, 4.69) is 4.98 Å². The second-order valence-corrected chi connectivity index (χ2v) is 7.03. The summed E-state index contributed by atoms with van der Waals surface area (Å²) in [6.07, 6.45) is 1.62. The number of anilines is 1. The highest BCUT2D eigenvalue weighted by molar-refractivity contribution is 6.10. The second kappa shape index (κ2) is 6.31. The number of para-hydroxylation sites is 1. The van der Waals surface area contributed by atoms with Crippen molar-refractivity contribution in [2.45, 2.75) is 13.0 Å². The van der Waals surface area contributed by atoms with Gasteiger partial charge in [-0.25, -0.2) is 4.98 Å². The molecule has 0 spiro atoms. The number of carbonyl (C=O) groups is 1. The van der Waals surface area contributed by atoms with Crippen LogP contribution < -0.4 is 10.3 Å². The molecule has 1 aliphatic heterocycles. The minimum atomic E-state index is -0.750. The number of phenolic OH excluding ortho intramolecular Hbond substituents is 1. The van der Waals surface area contributed by atoms with Crippen molar-refractivity contribution >= 4 is 22.7 Å². The van der Waals surface area contributed by atoms with Crippen molar-refractivity contribution in [3.63, 3.8) is 0 Å². The quantitative estimate of drug-likeness (QED) is 0.566. The maximum absolute atomic E-state index is 13.4. The number of fused-ring (bicyclic) bond motifs is 2. The van der Waals surface area contributed by atoms with Crippen LogP contribution >= 0.6 is 0 Å². The Labute approximate surface area is 165 Å². The number of nitrogens with zero attached hydrogens (tertiary/aromatic N) is 2. The number of hydrogen-bond donors (Lipinski definition) is 1. The van der Waals surface area contributed by atoms with E-state index in [1.807, 2.05) is 13.0 Å². The molecule has 0 saturated carbocycles. The molecule has 0 unspecified atom stereocenters. The highest BCUT2D eigenvalue weighted by Crippen LogP contribution is 2.41. The van der Waals surface area contributed by atoms with Gasteiger partial charge in [0.15, 0.2) is 5.43 Å². The first kappa shape index (κ1) is 17.2. The van der Waals surface area contributed by atoms with Gasteiger partial charge in [-0.3, -0.25) is 14.5 Å². The van der Waals surface area contributed by atoms with Gasteiger partial charge in [-0.2, -0.15) is 0 Å². The summed E-state index contributed by atoms with van der Waals surface area (Å²) in [5.41, 5.74) is 1.88. The Morgan fingerprint density at radius 2 is 1.86 bits per heavy atom. The third kappa shape index (κ3) is 2.61. The third-order valence-electron chi connectivity index (χ3n) is 5.11. The fourth-order valence-corrected chi connectivity index (χ4v) is 3.82. The number of amides is 1. The molecule has 6 nitrogen and oxygen atoms in total. The van der Waals surface area contributed by atoms with E-state index in [0.717, 1.165) is 5.56 Å². The number of carbonyl (C=O) groups excluding carboxylic acids is 1. The van der Waals surface area contributed by atoms with Crippen LogP contribution in [-0.4, -0.2) is 16.0 Å². The maximum Gasteiger partial charge on any atom is 0.296 e. The molecule has 142 valence electrons. The molecule has 1 atom stereocenters. The first-order valence-corrected chi connectivity index (χ1v) is 9.15. The van der Waals surface area contributed by atoms with Crippen molar-refractivity contribution in [2.75, 3.05) is 4.90 Å². The Hall–Kier alpha value is -3.93. The Balaban J connectivity index is 1.84. The largest absolute Gasteiger partial charge is 0.508 e. The summed E-state index contributed by atoms with van der Waals surface area (Å²) in [5.74, 6) is 0.0311. The first-order chi connectivity index (χ1) is 14.0. The van der Waals surface area contributed by atoms with Crippen LogP contribution in [0.25, 0.3) is 11.0 Å². The van der Waals surface area contributed by atoms with Crippen molar-refractivity contribution in [1.29, 1.82) is 0 Å². The van der Waals surface area contributed by atoms with Gasteiger partial charge in [-0.05, 0) is 54.4 Å². The van der Waals surface area contributed by atoms with E-state index in [-0.39, 0.29) is 22.5 Å². The molecule has 0 aliphatic carbocycles. The second-order valence-electron chi connectivity index (χ2n) is 7.03. The Morgan fingerprint density at radius 3 is 2.66 bits per heavy atom. The van der Waals surface area contributed by atoms with Gasteiger partial charge in [0.25, 0.3) is 5.91 Å². The predicted octanol–water partition coefficient (Wildman–Crippen LogP) is 3.95. The van der Waals surface area contributed by atoms with E-state index in [9.17, 15) is 14.7 Å². The van der Waals surface area contributed by atoms with Gasteiger partial charge in [-0.15, -0.1) is 0 Å². The van der Waals surface area contributed by atoms with Crippen molar-refractivity contribution < 1.29 is 14.3 Å². The van der Waals surface area contributed by atoms with Crippen LogP contribution in [0.15, 0.2) is 76.1 Å². The predicted molar refractivity (Wildman–Crippen MR) is 108 cm³/mol. The molecule has 0 saturated heterocycles. The lowest BCUT2D eigenvalue weighted by molar-refractivity contribution is 0.0970. The van der Waals surface area contributed by atoms with Gasteiger partial charge in [0.1, 0.15) is 17.2 Å². The zero-order valence-corrected chi connectivity index (χ0v) is 15.5. The number of aromatic nitrogens is 1. The highest BCUT2D eigenvalue weighted by atomic mass is 16.3. The zero-order chi connectivity index (χ0) is 20.1. The molecule has 2 aromatic carbocycles. The molecule has 3 heterocycles. The Morgan fingerprint density at radius 1 is 1.03 bits per heavy atom. The molecule has 0 radical (unpaired) electrons. The van der Waals surface area contributed by atoms with Gasteiger partial charge < -0.3 is 9.52 Å². The molecule has 1 N–H and O–H groups in total. The monoisotopic (exact) mass is 384 g/mol. The van der Waals surface area contributed by atoms with Crippen molar-refractivity contribution in [3.8, 4) is 5.75 Å². The van der Waals surface area contributed by atoms with E-state index >= 15 is 0 Å². The standard InChI is InChI=1S/C23H16N2O4/c1-13-9-10-24-18(11-13)25-20(14-5-4-6-15(26)12-14)19-21(27)16-7-2-3-8-17(16)29-22(19)23(25)28/h2-12,20,26H,1H3/t20-/m1/s1. The van der Waals surface area contributed by atoms with Crippen molar-refractivity contribution in [2.24, 2.45) is 0 Å². The molecular weight excluding hydrogens is 368 g/mol. The average molecular weight is 384 g/mol.